The largest absolute Gasteiger partial charge is 0.481 e. The van der Waals surface area contributed by atoms with Crippen molar-refractivity contribution >= 4 is 100 Å². The first-order chi connectivity index (χ1) is 50.7. The molecule has 1 saturated heterocycles. The van der Waals surface area contributed by atoms with Crippen LogP contribution >= 0.6 is 12.2 Å². The van der Waals surface area contributed by atoms with Crippen molar-refractivity contribution in [1.82, 2.24) is 57.2 Å². The van der Waals surface area contributed by atoms with Crippen LogP contribution in [0.4, 0.5) is 10.5 Å². The second-order valence-electron chi connectivity index (χ2n) is 25.9. The van der Waals surface area contributed by atoms with E-state index in [1.807, 2.05) is 42.5 Å². The molecule has 0 bridgehead atoms. The molecule has 32 nitrogen and oxygen atoms in total. The van der Waals surface area contributed by atoms with Crippen LogP contribution in [0, 0.1) is 0 Å². The van der Waals surface area contributed by atoms with E-state index in [4.69, 9.17) is 17.3 Å². The molecule has 576 valence electrons. The highest BCUT2D eigenvalue weighted by molar-refractivity contribution is 7.80. The van der Waals surface area contributed by atoms with Gasteiger partial charge in [0.05, 0.1) is 19.6 Å². The molecule has 4 aromatic carbocycles. The molecule has 1 aliphatic rings. The van der Waals surface area contributed by atoms with Gasteiger partial charge in [-0.3, -0.25) is 57.9 Å². The quantitative estimate of drug-likeness (QED) is 0.0223. The van der Waals surface area contributed by atoms with Crippen molar-refractivity contribution in [3.63, 3.8) is 0 Å². The summed E-state index contributed by atoms with van der Waals surface area (Å²) in [5.41, 5.74) is 3.49. The lowest BCUT2D eigenvalue weighted by Crippen LogP contribution is -2.58. The van der Waals surface area contributed by atoms with Crippen molar-refractivity contribution in [2.45, 2.75) is 158 Å². The lowest BCUT2D eigenvalue weighted by atomic mass is 10.0. The van der Waals surface area contributed by atoms with Gasteiger partial charge in [-0.25, -0.2) is 19.2 Å². The highest BCUT2D eigenvalue weighted by Crippen LogP contribution is 2.19. The Bertz CT molecular complexity index is 3550. The van der Waals surface area contributed by atoms with E-state index in [0.29, 0.717) is 56.2 Å². The molecule has 1 aliphatic heterocycles. The van der Waals surface area contributed by atoms with Gasteiger partial charge in [0.25, 0.3) is 0 Å². The second-order valence-corrected chi connectivity index (χ2v) is 26.3. The number of rotatable bonds is 47. The van der Waals surface area contributed by atoms with Crippen LogP contribution in [-0.2, 0) is 83.2 Å². The Balaban J connectivity index is 1.12. The third-order valence-corrected chi connectivity index (χ3v) is 17.6. The fourth-order valence-electron chi connectivity index (χ4n) is 11.8. The number of thiocarbonyl (C=S) groups is 1. The zero-order valence-electron chi connectivity index (χ0n) is 59.0. The maximum atomic E-state index is 14.7. The Kier molecular flexibility index (Phi) is 38.1. The number of urea groups is 1. The summed E-state index contributed by atoms with van der Waals surface area (Å²) in [6, 6.07) is 25.1. The molecule has 106 heavy (non-hydrogen) atoms. The number of anilines is 1. The van der Waals surface area contributed by atoms with E-state index in [1.165, 1.54) is 0 Å². The van der Waals surface area contributed by atoms with Gasteiger partial charge in [0.1, 0.15) is 36.3 Å². The number of hydrogen-bond acceptors (Lipinski definition) is 17. The van der Waals surface area contributed by atoms with Gasteiger partial charge < -0.3 is 83.6 Å². The predicted molar refractivity (Wildman–Crippen MR) is 391 cm³/mol. The van der Waals surface area contributed by atoms with Crippen molar-refractivity contribution in [3.8, 4) is 0 Å². The zero-order valence-corrected chi connectivity index (χ0v) is 59.8. The number of carboxylic acid groups (broad SMARTS) is 7. The highest BCUT2D eigenvalue weighted by Gasteiger charge is 2.33. The van der Waals surface area contributed by atoms with Crippen LogP contribution in [0.5, 0.6) is 0 Å². The van der Waals surface area contributed by atoms with Crippen LogP contribution in [0.3, 0.4) is 0 Å². The van der Waals surface area contributed by atoms with Crippen molar-refractivity contribution in [2.24, 2.45) is 0 Å². The maximum Gasteiger partial charge on any atom is 0.326 e. The lowest BCUT2D eigenvalue weighted by Gasteiger charge is -2.33. The van der Waals surface area contributed by atoms with E-state index < -0.39 is 127 Å². The number of aliphatic carboxylic acids is 7. The first-order valence-corrected chi connectivity index (χ1v) is 35.6. The number of unbranched alkanes of at least 4 members (excludes halogenated alkanes) is 5. The molecule has 1 heterocycles. The first-order valence-electron chi connectivity index (χ1n) is 35.2. The van der Waals surface area contributed by atoms with Crippen LogP contribution in [-0.4, -0.2) is 241 Å². The summed E-state index contributed by atoms with van der Waals surface area (Å²) in [7, 11) is 0. The van der Waals surface area contributed by atoms with Crippen LogP contribution in [0.15, 0.2) is 115 Å². The fraction of sp³-hybridized carbons (Fsp3) is 0.479. The zero-order chi connectivity index (χ0) is 77.3. The molecule has 1 fully saturated rings. The molecule has 0 saturated carbocycles. The van der Waals surface area contributed by atoms with Gasteiger partial charge in [-0.05, 0) is 111 Å². The summed E-state index contributed by atoms with van der Waals surface area (Å²) in [4.78, 5) is 168. The molecule has 7 atom stereocenters. The SMILES string of the molecule is O=C(O)CCC(NC(=O)NC(CCCCNC(=O)CCCCCCC(=O)NC(CCCCNC(=O)C(Cc1ccccc1)NC(=O)C(Cc1ccccc1)NC(=O)C(Cc1ccccc1)NC(=S)Nc1ccc(CC2CN(CC(=O)O)CCN(CC(=O)O)CCN2CC(=O)O)cc1)C(=O)O)C(=O)O)C(=O)O. The number of nitrogens with zero attached hydrogens (tertiary/aromatic N) is 3. The second kappa shape index (κ2) is 46.9. The van der Waals surface area contributed by atoms with Crippen molar-refractivity contribution < 1.29 is 98.1 Å². The van der Waals surface area contributed by atoms with Gasteiger partial charge >= 0.3 is 47.8 Å². The van der Waals surface area contributed by atoms with Gasteiger partial charge in [-0.1, -0.05) is 116 Å². The van der Waals surface area contributed by atoms with E-state index in [9.17, 15) is 93.0 Å². The minimum atomic E-state index is -1.54. The van der Waals surface area contributed by atoms with E-state index in [-0.39, 0.29) is 134 Å². The molecule has 16 N–H and O–H groups in total. The van der Waals surface area contributed by atoms with Gasteiger partial charge in [-0.15, -0.1) is 0 Å². The number of carbonyl (C=O) groups is 13. The Labute approximate surface area is 619 Å². The Morgan fingerprint density at radius 3 is 1.31 bits per heavy atom. The number of nitrogens with one attached hydrogen (secondary N) is 9. The fourth-order valence-corrected chi connectivity index (χ4v) is 12.1. The average Bonchev–Trinajstić information content (AvgIpc) is 0.881. The van der Waals surface area contributed by atoms with Crippen LogP contribution in [0.2, 0.25) is 0 Å². The predicted octanol–water partition coefficient (Wildman–Crippen LogP) is 2.68. The van der Waals surface area contributed by atoms with Crippen LogP contribution in [0.25, 0.3) is 0 Å². The normalized spacial score (nSPS) is 15.1. The molecule has 33 heteroatoms. The summed E-state index contributed by atoms with van der Waals surface area (Å²) in [5, 5.41) is 91.3. The lowest BCUT2D eigenvalue weighted by molar-refractivity contribution is -0.142. The standard InChI is InChI=1S/C73H98N12O20S/c86-60(74-34-16-14-25-55(70(101)102)80-72(105)81-56(71(103)104)32-33-62(88)89)26-12-1-2-13-27-61(87)77-54(69(99)100)24-15-17-35-75-66(96)57(41-48-18-6-3-7-19-48)78-67(97)58(42-49-20-8-4-9-21-49)79-68(98)59(43-50-22-10-5-11-23-50)82-73(106)76-52-30-28-51(29-31-52)40-53-44-84(46-64(92)93)37-36-83(45-63(90)91)38-39-85(53)47-65(94)95/h3-11,18-23,28-31,53-59H,1-2,12-17,24-27,32-47H2,(H,74,86)(H,75,96)(H,77,87)(H,78,97)(H,79,98)(H,88,89)(H,90,91)(H,92,93)(H,94,95)(H,99,100)(H,101,102)(H,103,104)(H2,76,82,106)(H2,80,81,105). The topological polar surface area (TPSA) is 482 Å². The Hall–Kier alpha value is -10.6. The van der Waals surface area contributed by atoms with Crippen molar-refractivity contribution in [3.05, 3.63) is 138 Å². The molecule has 0 aromatic heterocycles. The first kappa shape index (κ1) is 86.0. The van der Waals surface area contributed by atoms with E-state index in [2.05, 4.69) is 47.9 Å². The molecule has 5 rings (SSSR count). The minimum Gasteiger partial charge on any atom is -0.481 e. The van der Waals surface area contributed by atoms with E-state index >= 15 is 0 Å². The molecule has 7 unspecified atom stereocenters. The average molecular weight is 1500 g/mol. The summed E-state index contributed by atoms with van der Waals surface area (Å²) < 4.78 is 0. The third-order valence-electron chi connectivity index (χ3n) is 17.4. The molecule has 0 radical (unpaired) electrons. The summed E-state index contributed by atoms with van der Waals surface area (Å²) >= 11 is 5.81. The number of carboxylic acids is 7. The van der Waals surface area contributed by atoms with Crippen LogP contribution < -0.4 is 47.9 Å². The number of amides is 7. The summed E-state index contributed by atoms with van der Waals surface area (Å²) in [5.74, 6) is -11.1. The van der Waals surface area contributed by atoms with E-state index in [0.717, 1.165) is 16.7 Å². The molecular formula is C73H98N12O20S. The Morgan fingerprint density at radius 1 is 0.387 bits per heavy atom. The number of hydrogen-bond donors (Lipinski definition) is 16. The van der Waals surface area contributed by atoms with Crippen molar-refractivity contribution in [1.29, 1.82) is 0 Å². The Morgan fingerprint density at radius 2 is 0.821 bits per heavy atom. The monoisotopic (exact) mass is 1490 g/mol. The third kappa shape index (κ3) is 34.8. The molecule has 7 amide bonds. The summed E-state index contributed by atoms with van der Waals surface area (Å²) in [6.07, 6.45) is 3.14. The van der Waals surface area contributed by atoms with Gasteiger partial charge in [0, 0.05) is 96.1 Å². The number of carbonyl (C=O) groups excluding carboxylic acids is 6. The molecule has 0 aliphatic carbocycles. The molecular weight excluding hydrogens is 1400 g/mol. The molecule has 4 aromatic rings. The number of benzene rings is 4. The van der Waals surface area contributed by atoms with Crippen molar-refractivity contribution in [2.75, 3.05) is 70.8 Å². The maximum absolute atomic E-state index is 14.7. The van der Waals surface area contributed by atoms with Gasteiger partial charge in [0.15, 0.2) is 5.11 Å². The van der Waals surface area contributed by atoms with Crippen LogP contribution in [0.1, 0.15) is 112 Å². The minimum absolute atomic E-state index is 0.0197. The van der Waals surface area contributed by atoms with Gasteiger partial charge in [0.2, 0.25) is 29.5 Å². The molecule has 0 spiro atoms. The van der Waals surface area contributed by atoms with Gasteiger partial charge in [-0.2, -0.15) is 0 Å². The van der Waals surface area contributed by atoms with E-state index in [1.54, 1.807) is 87.5 Å². The summed E-state index contributed by atoms with van der Waals surface area (Å²) in [6.45, 7) is 0.513. The highest BCUT2D eigenvalue weighted by atomic mass is 32.1. The smallest absolute Gasteiger partial charge is 0.326 e.